The number of amides is 1. The maximum atomic E-state index is 14.8. The van der Waals surface area contributed by atoms with Crippen LogP contribution in [-0.2, 0) is 37.0 Å². The van der Waals surface area contributed by atoms with Gasteiger partial charge >= 0.3 is 0 Å². The van der Waals surface area contributed by atoms with Crippen molar-refractivity contribution in [2.45, 2.75) is 44.3 Å². The van der Waals surface area contributed by atoms with E-state index in [0.717, 1.165) is 43.5 Å². The zero-order valence-electron chi connectivity index (χ0n) is 22.6. The summed E-state index contributed by atoms with van der Waals surface area (Å²) < 4.78 is 21.0. The highest BCUT2D eigenvalue weighted by Gasteiger charge is 2.36. The van der Waals surface area contributed by atoms with Crippen LogP contribution in [0.5, 0.6) is 5.75 Å². The van der Waals surface area contributed by atoms with E-state index in [-0.39, 0.29) is 36.9 Å². The van der Waals surface area contributed by atoms with Gasteiger partial charge < -0.3 is 9.64 Å². The Morgan fingerprint density at radius 1 is 0.800 bits per heavy atom. The zero-order valence-corrected chi connectivity index (χ0v) is 22.6. The van der Waals surface area contributed by atoms with Crippen molar-refractivity contribution in [1.82, 2.24) is 9.80 Å². The lowest BCUT2D eigenvalue weighted by atomic mass is 9.87. The average molecular weight is 533 g/mol. The van der Waals surface area contributed by atoms with Crippen molar-refractivity contribution in [3.05, 3.63) is 136 Å². The van der Waals surface area contributed by atoms with Gasteiger partial charge in [-0.25, -0.2) is 4.39 Å². The van der Waals surface area contributed by atoms with Crippen molar-refractivity contribution < 1.29 is 13.9 Å². The highest BCUT2D eigenvalue weighted by molar-refractivity contribution is 5.79. The number of carbonyl (C=O) groups is 1. The third-order valence-electron chi connectivity index (χ3n) is 8.85. The first-order valence-corrected chi connectivity index (χ1v) is 14.3. The molecule has 4 aromatic rings. The van der Waals surface area contributed by atoms with Crippen LogP contribution >= 0.6 is 0 Å². The minimum absolute atomic E-state index is 0.00402. The number of carbonyl (C=O) groups excluding carboxylic acids is 1. The molecule has 1 aliphatic carbocycles. The summed E-state index contributed by atoms with van der Waals surface area (Å²) in [6.07, 6.45) is 3.39. The van der Waals surface area contributed by atoms with Crippen LogP contribution in [0.25, 0.3) is 0 Å². The van der Waals surface area contributed by atoms with Gasteiger partial charge in [-0.15, -0.1) is 0 Å². The molecule has 4 nitrogen and oxygen atoms in total. The smallest absolute Gasteiger partial charge is 0.237 e. The molecule has 202 valence electrons. The van der Waals surface area contributed by atoms with Crippen LogP contribution in [0.2, 0.25) is 0 Å². The first-order chi connectivity index (χ1) is 19.7. The maximum Gasteiger partial charge on any atom is 0.237 e. The largest absolute Gasteiger partial charge is 0.493 e. The fraction of sp³-hybridized carbons (Fsp3) is 0.286. The predicted molar refractivity (Wildman–Crippen MR) is 154 cm³/mol. The van der Waals surface area contributed by atoms with Gasteiger partial charge in [0.05, 0.1) is 19.2 Å². The van der Waals surface area contributed by atoms with Crippen LogP contribution in [-0.4, -0.2) is 41.4 Å². The van der Waals surface area contributed by atoms with Gasteiger partial charge in [-0.3, -0.25) is 9.69 Å². The minimum Gasteiger partial charge on any atom is -0.493 e. The molecule has 0 fully saturated rings. The van der Waals surface area contributed by atoms with Gasteiger partial charge in [-0.05, 0) is 53.1 Å². The van der Waals surface area contributed by atoms with Gasteiger partial charge in [0.15, 0.2) is 0 Å². The molecule has 0 saturated carbocycles. The summed E-state index contributed by atoms with van der Waals surface area (Å²) in [5, 5.41) is 0. The van der Waals surface area contributed by atoms with Gasteiger partial charge in [-0.1, -0.05) is 84.9 Å². The number of benzene rings is 4. The third kappa shape index (κ3) is 4.58. The van der Waals surface area contributed by atoms with E-state index in [1.807, 2.05) is 11.0 Å². The molecule has 0 spiro atoms. The van der Waals surface area contributed by atoms with Crippen LogP contribution in [0.1, 0.15) is 45.0 Å². The average Bonchev–Trinajstić information content (AvgIpc) is 3.64. The number of hydrogen-bond donors (Lipinski definition) is 0. The van der Waals surface area contributed by atoms with E-state index in [1.165, 1.54) is 33.9 Å². The number of para-hydroxylation sites is 1. The summed E-state index contributed by atoms with van der Waals surface area (Å²) in [5.74, 6) is 0.743. The molecule has 0 saturated heterocycles. The molecule has 1 atom stereocenters. The first-order valence-electron chi connectivity index (χ1n) is 14.3. The van der Waals surface area contributed by atoms with E-state index in [9.17, 15) is 9.18 Å². The molecule has 7 rings (SSSR count). The highest BCUT2D eigenvalue weighted by Crippen LogP contribution is 2.42. The zero-order chi connectivity index (χ0) is 27.1. The molecule has 4 aromatic carbocycles. The minimum atomic E-state index is -0.266. The highest BCUT2D eigenvalue weighted by atomic mass is 19.1. The summed E-state index contributed by atoms with van der Waals surface area (Å²) in [6.45, 7) is 2.00. The lowest BCUT2D eigenvalue weighted by molar-refractivity contribution is -0.136. The SMILES string of the molecule is O=C(CN1CCc2ccccc2C1c1cccc2c1OCC2)N(Cc1ccccc1F)C1Cc2ccccc2C1. The lowest BCUT2D eigenvalue weighted by Crippen LogP contribution is -2.48. The molecule has 3 aliphatic rings. The number of ether oxygens (including phenoxy) is 1. The van der Waals surface area contributed by atoms with Crippen LogP contribution < -0.4 is 4.74 Å². The topological polar surface area (TPSA) is 32.8 Å². The van der Waals surface area contributed by atoms with Gasteiger partial charge in [-0.2, -0.15) is 0 Å². The number of nitrogens with zero attached hydrogens (tertiary/aromatic N) is 2. The maximum absolute atomic E-state index is 14.8. The second-order valence-corrected chi connectivity index (χ2v) is 11.2. The van der Waals surface area contributed by atoms with Crippen LogP contribution in [0.4, 0.5) is 4.39 Å². The standard InChI is InChI=1S/C35H33FN2O2/c36-32-15-6-4-11-28(32)22-38(29-20-26-9-1-2-10-27(26)21-29)33(39)23-37-18-16-24-8-3-5-13-30(24)34(37)31-14-7-12-25-17-19-40-35(25)31/h1-15,29,34H,16-23H2. The first kappa shape index (κ1) is 25.0. The second kappa shape index (κ2) is 10.5. The van der Waals surface area contributed by atoms with Crippen molar-refractivity contribution >= 4 is 5.91 Å². The Morgan fingerprint density at radius 3 is 2.27 bits per heavy atom. The van der Waals surface area contributed by atoms with Crippen LogP contribution in [0, 0.1) is 5.82 Å². The van der Waals surface area contributed by atoms with E-state index in [2.05, 4.69) is 71.6 Å². The van der Waals surface area contributed by atoms with Gasteiger partial charge in [0.2, 0.25) is 5.91 Å². The molecule has 5 heteroatoms. The van der Waals surface area contributed by atoms with Gasteiger partial charge in [0.25, 0.3) is 0 Å². The van der Waals surface area contributed by atoms with Gasteiger partial charge in [0.1, 0.15) is 11.6 Å². The molecule has 2 heterocycles. The summed E-state index contributed by atoms with van der Waals surface area (Å²) in [4.78, 5) is 18.6. The Bertz CT molecular complexity index is 1540. The van der Waals surface area contributed by atoms with E-state index in [1.54, 1.807) is 12.1 Å². The normalized spacial score (nSPS) is 18.1. The van der Waals surface area contributed by atoms with E-state index >= 15 is 0 Å². The number of hydrogen-bond acceptors (Lipinski definition) is 3. The third-order valence-corrected chi connectivity index (χ3v) is 8.85. The van der Waals surface area contributed by atoms with E-state index in [4.69, 9.17) is 4.74 Å². The molecule has 1 unspecified atom stereocenters. The fourth-order valence-corrected chi connectivity index (χ4v) is 6.86. The van der Waals surface area contributed by atoms with E-state index in [0.29, 0.717) is 12.2 Å². The molecule has 1 amide bonds. The fourth-order valence-electron chi connectivity index (χ4n) is 6.86. The molecule has 0 aromatic heterocycles. The number of halogens is 1. The Balaban J connectivity index is 1.23. The predicted octanol–water partition coefficient (Wildman–Crippen LogP) is 5.90. The Morgan fingerprint density at radius 2 is 1.48 bits per heavy atom. The Labute approximate surface area is 235 Å². The van der Waals surface area contributed by atoms with Crippen molar-refractivity contribution in [2.24, 2.45) is 0 Å². The molecule has 0 bridgehead atoms. The summed E-state index contributed by atoms with van der Waals surface area (Å²) in [6, 6.07) is 30.1. The van der Waals surface area contributed by atoms with Crippen LogP contribution in [0.3, 0.4) is 0 Å². The number of fused-ring (bicyclic) bond motifs is 3. The molecular weight excluding hydrogens is 499 g/mol. The molecule has 40 heavy (non-hydrogen) atoms. The Hall–Kier alpha value is -3.96. The van der Waals surface area contributed by atoms with Crippen molar-refractivity contribution in [1.29, 1.82) is 0 Å². The van der Waals surface area contributed by atoms with Crippen molar-refractivity contribution in [3.8, 4) is 5.75 Å². The van der Waals surface area contributed by atoms with Gasteiger partial charge in [0, 0.05) is 36.7 Å². The van der Waals surface area contributed by atoms with Crippen LogP contribution in [0.15, 0.2) is 91.0 Å². The van der Waals surface area contributed by atoms with Crippen molar-refractivity contribution in [3.63, 3.8) is 0 Å². The molecule has 0 radical (unpaired) electrons. The van der Waals surface area contributed by atoms with Crippen molar-refractivity contribution in [2.75, 3.05) is 19.7 Å². The quantitative estimate of drug-likeness (QED) is 0.310. The second-order valence-electron chi connectivity index (χ2n) is 11.2. The molecule has 0 N–H and O–H groups in total. The number of rotatable bonds is 6. The molecule has 2 aliphatic heterocycles. The monoisotopic (exact) mass is 532 g/mol. The Kier molecular flexibility index (Phi) is 6.60. The van der Waals surface area contributed by atoms with E-state index < -0.39 is 0 Å². The lowest BCUT2D eigenvalue weighted by Gasteiger charge is -2.39. The summed E-state index contributed by atoms with van der Waals surface area (Å²) >= 11 is 0. The summed E-state index contributed by atoms with van der Waals surface area (Å²) in [5.41, 5.74) is 8.03. The summed E-state index contributed by atoms with van der Waals surface area (Å²) in [7, 11) is 0. The molecular formula is C35H33FN2O2.